The van der Waals surface area contributed by atoms with E-state index in [1.54, 1.807) is 0 Å². The molecule has 0 saturated carbocycles. The van der Waals surface area contributed by atoms with E-state index in [9.17, 15) is 13.2 Å². The highest BCUT2D eigenvalue weighted by atomic mass is 19.4. The second kappa shape index (κ2) is 6.04. The molecule has 1 aromatic rings. The van der Waals surface area contributed by atoms with Gasteiger partial charge in [0, 0.05) is 11.6 Å². The number of halogens is 3. The van der Waals surface area contributed by atoms with E-state index in [0.717, 1.165) is 5.56 Å². The van der Waals surface area contributed by atoms with Gasteiger partial charge in [0.25, 0.3) is 0 Å². The molecule has 0 aromatic heterocycles. The molecule has 1 aromatic carbocycles. The van der Waals surface area contributed by atoms with E-state index in [1.807, 2.05) is 38.1 Å². The maximum atomic E-state index is 12.9. The topological polar surface area (TPSA) is 21.3 Å². The van der Waals surface area contributed by atoms with Crippen LogP contribution in [0.1, 0.15) is 38.3 Å². The van der Waals surface area contributed by atoms with E-state index in [2.05, 4.69) is 5.32 Å². The number of ether oxygens (including phenoxy) is 1. The Morgan fingerprint density at radius 2 is 1.95 bits per heavy atom. The molecule has 5 heteroatoms. The lowest BCUT2D eigenvalue weighted by Gasteiger charge is -2.32. The molecule has 2 rings (SSSR count). The summed E-state index contributed by atoms with van der Waals surface area (Å²) in [5.74, 6) is -0.566. The van der Waals surface area contributed by atoms with Crippen molar-refractivity contribution in [1.82, 2.24) is 5.32 Å². The molecule has 1 aliphatic rings. The number of para-hydroxylation sites is 1. The number of hydrogen-bond donors (Lipinski definition) is 1. The van der Waals surface area contributed by atoms with Gasteiger partial charge < -0.3 is 10.1 Å². The Morgan fingerprint density at radius 3 is 2.60 bits per heavy atom. The lowest BCUT2D eigenvalue weighted by molar-refractivity contribution is -0.183. The molecule has 2 unspecified atom stereocenters. The van der Waals surface area contributed by atoms with Gasteiger partial charge in [-0.05, 0) is 39.3 Å². The van der Waals surface area contributed by atoms with Crippen LogP contribution >= 0.6 is 0 Å². The average molecular weight is 287 g/mol. The van der Waals surface area contributed by atoms with Crippen molar-refractivity contribution in [1.29, 1.82) is 0 Å². The van der Waals surface area contributed by atoms with Crippen LogP contribution in [0.25, 0.3) is 0 Å². The molecule has 1 N–H and O–H groups in total. The van der Waals surface area contributed by atoms with Crippen molar-refractivity contribution in [3.8, 4) is 5.75 Å². The molecule has 0 amide bonds. The minimum atomic E-state index is -4.12. The van der Waals surface area contributed by atoms with Gasteiger partial charge in [0.05, 0.1) is 12.0 Å². The Kier molecular flexibility index (Phi) is 4.58. The van der Waals surface area contributed by atoms with Crippen molar-refractivity contribution in [2.45, 2.75) is 45.0 Å². The van der Waals surface area contributed by atoms with Crippen LogP contribution in [0.15, 0.2) is 24.3 Å². The summed E-state index contributed by atoms with van der Waals surface area (Å²) in [6, 6.07) is 7.03. The molecule has 1 heterocycles. The van der Waals surface area contributed by atoms with Gasteiger partial charge in [-0.25, -0.2) is 0 Å². The number of hydrogen-bond acceptors (Lipinski definition) is 2. The fourth-order valence-corrected chi connectivity index (χ4v) is 2.58. The first-order valence-corrected chi connectivity index (χ1v) is 6.93. The highest BCUT2D eigenvalue weighted by Gasteiger charge is 2.42. The van der Waals surface area contributed by atoms with Crippen molar-refractivity contribution >= 4 is 0 Å². The predicted molar refractivity (Wildman–Crippen MR) is 71.7 cm³/mol. The van der Waals surface area contributed by atoms with E-state index in [1.165, 1.54) is 0 Å². The summed E-state index contributed by atoms with van der Waals surface area (Å²) in [5, 5.41) is 3.17. The normalized spacial score (nSPS) is 23.9. The molecule has 0 bridgehead atoms. The van der Waals surface area contributed by atoms with E-state index >= 15 is 0 Å². The molecule has 2 atom stereocenters. The molecule has 2 nitrogen and oxygen atoms in total. The number of rotatable bonds is 3. The SMILES string of the molecule is CC(C)Oc1ccccc1C1CC(C(F)(F)F)CCN1. The van der Waals surface area contributed by atoms with Crippen molar-refractivity contribution in [3.63, 3.8) is 0 Å². The molecule has 1 aliphatic heterocycles. The van der Waals surface area contributed by atoms with Crippen LogP contribution in [0.4, 0.5) is 13.2 Å². The predicted octanol–water partition coefficient (Wildman–Crippen LogP) is 4.08. The van der Waals surface area contributed by atoms with Gasteiger partial charge in [-0.3, -0.25) is 0 Å². The Labute approximate surface area is 117 Å². The fraction of sp³-hybridized carbons (Fsp3) is 0.600. The first kappa shape index (κ1) is 15.2. The summed E-state index contributed by atoms with van der Waals surface area (Å²) in [7, 11) is 0. The molecule has 0 aliphatic carbocycles. The van der Waals surface area contributed by atoms with Gasteiger partial charge in [-0.1, -0.05) is 18.2 Å². The van der Waals surface area contributed by atoms with Gasteiger partial charge in [-0.15, -0.1) is 0 Å². The van der Waals surface area contributed by atoms with E-state index in [4.69, 9.17) is 4.74 Å². The zero-order valence-corrected chi connectivity index (χ0v) is 11.7. The third kappa shape index (κ3) is 3.66. The van der Waals surface area contributed by atoms with Gasteiger partial charge in [-0.2, -0.15) is 13.2 Å². The van der Waals surface area contributed by atoms with Crippen LogP contribution in [-0.2, 0) is 0 Å². The minimum absolute atomic E-state index is 0.00171. The average Bonchev–Trinajstić information content (AvgIpc) is 2.38. The number of piperidine rings is 1. The van der Waals surface area contributed by atoms with Gasteiger partial charge in [0.2, 0.25) is 0 Å². The third-order valence-corrected chi connectivity index (χ3v) is 3.52. The molecule has 1 saturated heterocycles. The molecular weight excluding hydrogens is 267 g/mol. The van der Waals surface area contributed by atoms with Crippen LogP contribution < -0.4 is 10.1 Å². The van der Waals surface area contributed by atoms with Crippen LogP contribution in [0.3, 0.4) is 0 Å². The van der Waals surface area contributed by atoms with E-state index in [0.29, 0.717) is 12.3 Å². The molecule has 20 heavy (non-hydrogen) atoms. The zero-order valence-electron chi connectivity index (χ0n) is 11.7. The van der Waals surface area contributed by atoms with Crippen LogP contribution in [0.2, 0.25) is 0 Å². The Morgan fingerprint density at radius 1 is 1.25 bits per heavy atom. The Balaban J connectivity index is 2.18. The summed E-state index contributed by atoms with van der Waals surface area (Å²) in [4.78, 5) is 0. The summed E-state index contributed by atoms with van der Waals surface area (Å²) >= 11 is 0. The minimum Gasteiger partial charge on any atom is -0.491 e. The standard InChI is InChI=1S/C15H20F3NO/c1-10(2)20-14-6-4-3-5-12(14)13-9-11(7-8-19-13)15(16,17)18/h3-6,10-11,13,19H,7-9H2,1-2H3. The highest BCUT2D eigenvalue weighted by molar-refractivity contribution is 5.36. The Hall–Kier alpha value is -1.23. The van der Waals surface area contributed by atoms with Crippen molar-refractivity contribution < 1.29 is 17.9 Å². The van der Waals surface area contributed by atoms with Gasteiger partial charge >= 0.3 is 6.18 Å². The molecule has 0 radical (unpaired) electrons. The summed E-state index contributed by atoms with van der Waals surface area (Å²) in [6.07, 6.45) is -3.90. The number of benzene rings is 1. The van der Waals surface area contributed by atoms with Crippen molar-refractivity contribution in [3.05, 3.63) is 29.8 Å². The lowest BCUT2D eigenvalue weighted by Crippen LogP contribution is -2.38. The van der Waals surface area contributed by atoms with Gasteiger partial charge in [0.1, 0.15) is 5.75 Å². The first-order chi connectivity index (χ1) is 9.38. The largest absolute Gasteiger partial charge is 0.491 e. The third-order valence-electron chi connectivity index (χ3n) is 3.52. The Bertz CT molecular complexity index is 445. The zero-order chi connectivity index (χ0) is 14.8. The fourth-order valence-electron chi connectivity index (χ4n) is 2.58. The molecule has 0 spiro atoms. The van der Waals surface area contributed by atoms with Crippen molar-refractivity contribution in [2.75, 3.05) is 6.54 Å². The van der Waals surface area contributed by atoms with Crippen LogP contribution in [-0.4, -0.2) is 18.8 Å². The lowest BCUT2D eigenvalue weighted by atomic mass is 9.88. The highest BCUT2D eigenvalue weighted by Crippen LogP contribution is 2.40. The van der Waals surface area contributed by atoms with Gasteiger partial charge in [0.15, 0.2) is 0 Å². The van der Waals surface area contributed by atoms with Crippen molar-refractivity contribution in [2.24, 2.45) is 5.92 Å². The smallest absolute Gasteiger partial charge is 0.391 e. The van der Waals surface area contributed by atoms with Crippen LogP contribution in [0, 0.1) is 5.92 Å². The molecular formula is C15H20F3NO. The maximum absolute atomic E-state index is 12.9. The monoisotopic (exact) mass is 287 g/mol. The second-order valence-corrected chi connectivity index (χ2v) is 5.47. The van der Waals surface area contributed by atoms with E-state index in [-0.39, 0.29) is 25.0 Å². The summed E-state index contributed by atoms with van der Waals surface area (Å²) < 4.78 is 44.3. The quantitative estimate of drug-likeness (QED) is 0.904. The summed E-state index contributed by atoms with van der Waals surface area (Å²) in [5.41, 5.74) is 0.815. The second-order valence-electron chi connectivity index (χ2n) is 5.47. The molecule has 112 valence electrons. The van der Waals surface area contributed by atoms with Crippen LogP contribution in [0.5, 0.6) is 5.75 Å². The maximum Gasteiger partial charge on any atom is 0.391 e. The summed E-state index contributed by atoms with van der Waals surface area (Å²) in [6.45, 7) is 4.19. The number of alkyl halides is 3. The van der Waals surface area contributed by atoms with E-state index < -0.39 is 12.1 Å². The number of nitrogens with one attached hydrogen (secondary N) is 1. The molecule has 1 fully saturated rings. The first-order valence-electron chi connectivity index (χ1n) is 6.93.